The maximum absolute atomic E-state index is 4.60. The standard InChI is InChI=1S/C14H12BrN3S/c1-9(10-3-2-6-16-8-10)17-14-18-12-7-11(15)4-5-13(12)19-14/h2-9H,1H3,(H,17,18). The van der Waals surface area contributed by atoms with Gasteiger partial charge in [0, 0.05) is 16.9 Å². The predicted octanol–water partition coefficient (Wildman–Crippen LogP) is 4.63. The average Bonchev–Trinajstić information content (AvgIpc) is 2.81. The lowest BCUT2D eigenvalue weighted by Gasteiger charge is -2.12. The summed E-state index contributed by atoms with van der Waals surface area (Å²) >= 11 is 5.13. The van der Waals surface area contributed by atoms with Gasteiger partial charge in [0.25, 0.3) is 0 Å². The zero-order valence-electron chi connectivity index (χ0n) is 10.3. The van der Waals surface area contributed by atoms with E-state index in [1.54, 1.807) is 17.5 Å². The van der Waals surface area contributed by atoms with E-state index < -0.39 is 0 Å². The van der Waals surface area contributed by atoms with E-state index in [0.29, 0.717) is 0 Å². The highest BCUT2D eigenvalue weighted by molar-refractivity contribution is 9.10. The number of benzene rings is 1. The topological polar surface area (TPSA) is 37.8 Å². The van der Waals surface area contributed by atoms with E-state index in [1.165, 1.54) is 4.70 Å². The molecule has 0 spiro atoms. The van der Waals surface area contributed by atoms with Crippen LogP contribution in [0.15, 0.2) is 47.2 Å². The molecule has 3 aromatic rings. The first kappa shape index (κ1) is 12.6. The summed E-state index contributed by atoms with van der Waals surface area (Å²) in [6.45, 7) is 2.11. The molecule has 1 aromatic carbocycles. The van der Waals surface area contributed by atoms with Crippen molar-refractivity contribution in [3.05, 3.63) is 52.8 Å². The third kappa shape index (κ3) is 2.77. The number of nitrogens with one attached hydrogen (secondary N) is 1. The fourth-order valence-electron chi connectivity index (χ4n) is 1.86. The van der Waals surface area contributed by atoms with Gasteiger partial charge in [0.2, 0.25) is 0 Å². The maximum Gasteiger partial charge on any atom is 0.184 e. The number of fused-ring (bicyclic) bond motifs is 1. The molecule has 2 aromatic heterocycles. The molecule has 0 bridgehead atoms. The summed E-state index contributed by atoms with van der Waals surface area (Å²) in [5.41, 5.74) is 2.17. The molecule has 3 rings (SSSR count). The molecule has 0 radical (unpaired) electrons. The van der Waals surface area contributed by atoms with Gasteiger partial charge in [-0.05, 0) is 36.8 Å². The van der Waals surface area contributed by atoms with Gasteiger partial charge in [0.1, 0.15) is 0 Å². The second kappa shape index (κ2) is 5.27. The SMILES string of the molecule is CC(Nc1nc2cc(Br)ccc2s1)c1cccnc1. The molecule has 0 saturated heterocycles. The minimum absolute atomic E-state index is 0.192. The van der Waals surface area contributed by atoms with Crippen LogP contribution in [-0.2, 0) is 0 Å². The van der Waals surface area contributed by atoms with Crippen molar-refractivity contribution in [3.63, 3.8) is 0 Å². The van der Waals surface area contributed by atoms with Gasteiger partial charge in [-0.1, -0.05) is 33.3 Å². The van der Waals surface area contributed by atoms with Crippen LogP contribution in [0.3, 0.4) is 0 Å². The van der Waals surface area contributed by atoms with Gasteiger partial charge in [0.15, 0.2) is 5.13 Å². The summed E-state index contributed by atoms with van der Waals surface area (Å²) in [5.74, 6) is 0. The van der Waals surface area contributed by atoms with E-state index in [4.69, 9.17) is 0 Å². The summed E-state index contributed by atoms with van der Waals surface area (Å²) < 4.78 is 2.24. The second-order valence-corrected chi connectivity index (χ2v) is 6.23. The van der Waals surface area contributed by atoms with E-state index in [9.17, 15) is 0 Å². The molecule has 19 heavy (non-hydrogen) atoms. The third-order valence-electron chi connectivity index (χ3n) is 2.87. The molecule has 2 heterocycles. The number of rotatable bonds is 3. The summed E-state index contributed by atoms with van der Waals surface area (Å²) in [6.07, 6.45) is 3.66. The highest BCUT2D eigenvalue weighted by Crippen LogP contribution is 2.30. The van der Waals surface area contributed by atoms with Crippen LogP contribution in [0.4, 0.5) is 5.13 Å². The van der Waals surface area contributed by atoms with Crippen molar-refractivity contribution in [1.82, 2.24) is 9.97 Å². The summed E-state index contributed by atoms with van der Waals surface area (Å²) in [6, 6.07) is 10.4. The Morgan fingerprint density at radius 1 is 1.32 bits per heavy atom. The van der Waals surface area contributed by atoms with Crippen LogP contribution in [0.25, 0.3) is 10.2 Å². The number of hydrogen-bond acceptors (Lipinski definition) is 4. The van der Waals surface area contributed by atoms with Gasteiger partial charge in [-0.3, -0.25) is 4.98 Å². The number of nitrogens with zero attached hydrogens (tertiary/aromatic N) is 2. The van der Waals surface area contributed by atoms with E-state index >= 15 is 0 Å². The van der Waals surface area contributed by atoms with E-state index in [-0.39, 0.29) is 6.04 Å². The molecular formula is C14H12BrN3S. The highest BCUT2D eigenvalue weighted by atomic mass is 79.9. The molecule has 1 N–H and O–H groups in total. The molecular weight excluding hydrogens is 322 g/mol. The number of hydrogen-bond donors (Lipinski definition) is 1. The Labute approximate surface area is 123 Å². The quantitative estimate of drug-likeness (QED) is 0.759. The largest absolute Gasteiger partial charge is 0.355 e. The van der Waals surface area contributed by atoms with Crippen LogP contribution in [0.5, 0.6) is 0 Å². The van der Waals surface area contributed by atoms with Crippen LogP contribution in [0.2, 0.25) is 0 Å². The smallest absolute Gasteiger partial charge is 0.184 e. The Balaban J connectivity index is 1.85. The van der Waals surface area contributed by atoms with Crippen molar-refractivity contribution < 1.29 is 0 Å². The van der Waals surface area contributed by atoms with Crippen LogP contribution in [0.1, 0.15) is 18.5 Å². The summed E-state index contributed by atoms with van der Waals surface area (Å²) in [4.78, 5) is 8.73. The van der Waals surface area contributed by atoms with E-state index in [0.717, 1.165) is 20.7 Å². The van der Waals surface area contributed by atoms with Crippen molar-refractivity contribution in [2.45, 2.75) is 13.0 Å². The predicted molar refractivity (Wildman–Crippen MR) is 83.6 cm³/mol. The molecule has 0 fully saturated rings. The molecule has 0 amide bonds. The molecule has 1 atom stereocenters. The van der Waals surface area contributed by atoms with E-state index in [1.807, 2.05) is 24.4 Å². The molecule has 0 saturated carbocycles. The van der Waals surface area contributed by atoms with Gasteiger partial charge in [-0.2, -0.15) is 0 Å². The molecule has 0 aliphatic carbocycles. The van der Waals surface area contributed by atoms with Crippen molar-refractivity contribution >= 4 is 42.6 Å². The molecule has 0 aliphatic heterocycles. The maximum atomic E-state index is 4.60. The van der Waals surface area contributed by atoms with Gasteiger partial charge in [-0.15, -0.1) is 0 Å². The van der Waals surface area contributed by atoms with E-state index in [2.05, 4.69) is 50.3 Å². The van der Waals surface area contributed by atoms with Crippen molar-refractivity contribution in [1.29, 1.82) is 0 Å². The Kier molecular flexibility index (Phi) is 3.48. The lowest BCUT2D eigenvalue weighted by atomic mass is 10.1. The monoisotopic (exact) mass is 333 g/mol. The van der Waals surface area contributed by atoms with Crippen molar-refractivity contribution in [3.8, 4) is 0 Å². The number of thiazole rings is 1. The third-order valence-corrected chi connectivity index (χ3v) is 4.33. The van der Waals surface area contributed by atoms with Gasteiger partial charge < -0.3 is 5.32 Å². The Bertz CT molecular complexity index is 696. The van der Waals surface area contributed by atoms with Gasteiger partial charge >= 0.3 is 0 Å². The summed E-state index contributed by atoms with van der Waals surface area (Å²) in [7, 11) is 0. The lowest BCUT2D eigenvalue weighted by molar-refractivity contribution is 0.874. The molecule has 1 unspecified atom stereocenters. The van der Waals surface area contributed by atoms with Crippen LogP contribution in [0, 0.1) is 0 Å². The Hall–Kier alpha value is -1.46. The van der Waals surface area contributed by atoms with Gasteiger partial charge in [0.05, 0.1) is 16.3 Å². The number of pyridine rings is 1. The zero-order valence-corrected chi connectivity index (χ0v) is 12.7. The first-order valence-corrected chi connectivity index (χ1v) is 7.56. The molecule has 96 valence electrons. The highest BCUT2D eigenvalue weighted by Gasteiger charge is 2.09. The minimum atomic E-state index is 0.192. The first-order valence-electron chi connectivity index (χ1n) is 5.95. The van der Waals surface area contributed by atoms with Crippen molar-refractivity contribution in [2.24, 2.45) is 0 Å². The fraction of sp³-hybridized carbons (Fsp3) is 0.143. The Morgan fingerprint density at radius 2 is 2.21 bits per heavy atom. The molecule has 5 heteroatoms. The van der Waals surface area contributed by atoms with Crippen LogP contribution >= 0.6 is 27.3 Å². The van der Waals surface area contributed by atoms with Crippen molar-refractivity contribution in [2.75, 3.05) is 5.32 Å². The Morgan fingerprint density at radius 3 is 3.00 bits per heavy atom. The minimum Gasteiger partial charge on any atom is -0.355 e. The number of aromatic nitrogens is 2. The first-order chi connectivity index (χ1) is 9.22. The zero-order chi connectivity index (χ0) is 13.2. The lowest BCUT2D eigenvalue weighted by Crippen LogP contribution is -2.06. The number of anilines is 1. The average molecular weight is 334 g/mol. The second-order valence-electron chi connectivity index (χ2n) is 4.28. The normalized spacial score (nSPS) is 12.5. The molecule has 0 aliphatic rings. The fourth-order valence-corrected chi connectivity index (χ4v) is 3.15. The van der Waals surface area contributed by atoms with Crippen LogP contribution < -0.4 is 5.32 Å². The molecule has 3 nitrogen and oxygen atoms in total. The van der Waals surface area contributed by atoms with Crippen LogP contribution in [-0.4, -0.2) is 9.97 Å². The number of halogens is 1. The summed E-state index contributed by atoms with van der Waals surface area (Å²) in [5, 5.41) is 4.35. The van der Waals surface area contributed by atoms with Gasteiger partial charge in [-0.25, -0.2) is 4.98 Å².